The molecule has 48 valence electrons. The van der Waals surface area contributed by atoms with E-state index in [2.05, 4.69) is 9.20 Å². The van der Waals surface area contributed by atoms with Gasteiger partial charge in [0.25, 0.3) is 0 Å². The normalized spacial score (nSPS) is 11.5. The standard InChI is InChI=1S/C2H6NO4P/c3-1-2-6-8(5)7-4/h1-3H2/p+1. The van der Waals surface area contributed by atoms with Gasteiger partial charge in [0, 0.05) is 11.1 Å². The van der Waals surface area contributed by atoms with Crippen LogP contribution in [0.4, 0.5) is 0 Å². The van der Waals surface area contributed by atoms with E-state index in [0.29, 0.717) is 0 Å². The topological polar surface area (TPSA) is 81.8 Å². The Balaban J connectivity index is 2.99. The molecule has 0 bridgehead atoms. The number of rotatable bonds is 4. The summed E-state index contributed by atoms with van der Waals surface area (Å²) in [4.78, 5) is 0. The summed E-state index contributed by atoms with van der Waals surface area (Å²) in [5, 5.41) is 7.61. The third-order valence-electron chi connectivity index (χ3n) is 0.381. The molecule has 1 unspecified atom stereocenters. The highest BCUT2D eigenvalue weighted by Crippen LogP contribution is 2.19. The first kappa shape index (κ1) is 7.94. The van der Waals surface area contributed by atoms with Gasteiger partial charge in [-0.05, 0) is 0 Å². The number of hydrogen-bond acceptors (Lipinski definition) is 5. The second-order valence-corrected chi connectivity index (χ2v) is 1.80. The first-order valence-electron chi connectivity index (χ1n) is 1.93. The van der Waals surface area contributed by atoms with Crippen molar-refractivity contribution in [3.63, 3.8) is 0 Å². The van der Waals surface area contributed by atoms with Crippen LogP contribution in [0.3, 0.4) is 0 Å². The fourth-order valence-electron chi connectivity index (χ4n) is 0.151. The zero-order valence-corrected chi connectivity index (χ0v) is 5.01. The van der Waals surface area contributed by atoms with Crippen LogP contribution in [0.15, 0.2) is 0 Å². The molecule has 0 rings (SSSR count). The van der Waals surface area contributed by atoms with Crippen molar-refractivity contribution in [2.75, 3.05) is 13.2 Å². The number of hydrogen-bond donors (Lipinski definition) is 2. The van der Waals surface area contributed by atoms with Crippen molar-refractivity contribution in [3.8, 4) is 0 Å². The zero-order valence-electron chi connectivity index (χ0n) is 4.11. The van der Waals surface area contributed by atoms with Crippen molar-refractivity contribution >= 4 is 8.25 Å². The molecule has 0 saturated heterocycles. The molecule has 0 aromatic rings. The third-order valence-corrected chi connectivity index (χ3v) is 0.908. The van der Waals surface area contributed by atoms with Crippen LogP contribution in [-0.4, -0.2) is 18.4 Å². The molecule has 0 radical (unpaired) electrons. The molecular formula is C2H7NO4P+. The molecule has 0 aromatic heterocycles. The van der Waals surface area contributed by atoms with E-state index in [4.69, 9.17) is 11.0 Å². The van der Waals surface area contributed by atoms with Crippen molar-refractivity contribution in [3.05, 3.63) is 0 Å². The molecule has 0 fully saturated rings. The van der Waals surface area contributed by atoms with E-state index in [-0.39, 0.29) is 13.2 Å². The maximum atomic E-state index is 9.97. The molecule has 0 aromatic carbocycles. The lowest BCUT2D eigenvalue weighted by atomic mass is 10.8. The van der Waals surface area contributed by atoms with Crippen molar-refractivity contribution in [1.29, 1.82) is 0 Å². The van der Waals surface area contributed by atoms with Crippen LogP contribution in [0.5, 0.6) is 0 Å². The lowest BCUT2D eigenvalue weighted by molar-refractivity contribution is -0.141. The summed E-state index contributed by atoms with van der Waals surface area (Å²) in [5.74, 6) is 0. The van der Waals surface area contributed by atoms with Crippen LogP contribution in [0, 0.1) is 0 Å². The van der Waals surface area contributed by atoms with E-state index in [1.165, 1.54) is 0 Å². The SMILES string of the molecule is NCCO[P+](=O)OO. The average Bonchev–Trinajstić information content (AvgIpc) is 1.83. The molecule has 3 N–H and O–H groups in total. The Bertz CT molecular complexity index is 76.4. The molecule has 0 aliphatic rings. The second-order valence-electron chi connectivity index (χ2n) is 0.927. The maximum Gasteiger partial charge on any atom is 0.728 e. The first-order valence-corrected chi connectivity index (χ1v) is 3.02. The Morgan fingerprint density at radius 1 is 1.75 bits per heavy atom. The highest BCUT2D eigenvalue weighted by atomic mass is 31.1. The smallest absolute Gasteiger partial charge is 0.328 e. The van der Waals surface area contributed by atoms with Gasteiger partial charge in [-0.2, -0.15) is 0 Å². The third kappa shape index (κ3) is 4.11. The largest absolute Gasteiger partial charge is 0.728 e. The minimum atomic E-state index is -2.36. The van der Waals surface area contributed by atoms with Gasteiger partial charge < -0.3 is 5.73 Å². The predicted octanol–water partition coefficient (Wildman–Crippen LogP) is 0.109. The van der Waals surface area contributed by atoms with Crippen molar-refractivity contribution in [2.45, 2.75) is 0 Å². The van der Waals surface area contributed by atoms with Crippen molar-refractivity contribution in [1.82, 2.24) is 0 Å². The molecular weight excluding hydrogens is 133 g/mol. The van der Waals surface area contributed by atoms with Crippen LogP contribution in [0.25, 0.3) is 0 Å². The predicted molar refractivity (Wildman–Crippen MR) is 26.3 cm³/mol. The molecule has 0 heterocycles. The van der Waals surface area contributed by atoms with Crippen LogP contribution < -0.4 is 5.73 Å². The van der Waals surface area contributed by atoms with E-state index in [1.54, 1.807) is 0 Å². The molecule has 0 aliphatic heterocycles. The summed E-state index contributed by atoms with van der Waals surface area (Å²) in [5.41, 5.74) is 4.94. The molecule has 8 heavy (non-hydrogen) atoms. The monoisotopic (exact) mass is 140 g/mol. The Morgan fingerprint density at radius 3 is 2.75 bits per heavy atom. The van der Waals surface area contributed by atoms with E-state index in [0.717, 1.165) is 0 Å². The zero-order chi connectivity index (χ0) is 6.41. The molecule has 1 atom stereocenters. The van der Waals surface area contributed by atoms with Gasteiger partial charge in [-0.15, -0.1) is 4.52 Å². The van der Waals surface area contributed by atoms with E-state index in [9.17, 15) is 4.57 Å². The fraction of sp³-hybridized carbons (Fsp3) is 1.00. The summed E-state index contributed by atoms with van der Waals surface area (Å²) >= 11 is 0. The molecule has 5 nitrogen and oxygen atoms in total. The van der Waals surface area contributed by atoms with E-state index < -0.39 is 8.25 Å². The van der Waals surface area contributed by atoms with Gasteiger partial charge in [0.2, 0.25) is 0 Å². The van der Waals surface area contributed by atoms with Crippen LogP contribution in [-0.2, 0) is 13.8 Å². The second kappa shape index (κ2) is 5.08. The summed E-state index contributed by atoms with van der Waals surface area (Å²) < 4.78 is 17.5. The van der Waals surface area contributed by atoms with Crippen molar-refractivity contribution in [2.24, 2.45) is 5.73 Å². The van der Waals surface area contributed by atoms with Gasteiger partial charge in [0.1, 0.15) is 6.61 Å². The van der Waals surface area contributed by atoms with Gasteiger partial charge in [0.05, 0.1) is 4.67 Å². The van der Waals surface area contributed by atoms with Gasteiger partial charge in [-0.3, -0.25) is 0 Å². The Kier molecular flexibility index (Phi) is 5.05. The molecule has 0 saturated carbocycles. The average molecular weight is 140 g/mol. The minimum Gasteiger partial charge on any atom is -0.328 e. The Hall–Kier alpha value is -0.0600. The van der Waals surface area contributed by atoms with Gasteiger partial charge in [-0.1, -0.05) is 0 Å². The van der Waals surface area contributed by atoms with E-state index >= 15 is 0 Å². The molecule has 0 spiro atoms. The Labute approximate surface area is 47.3 Å². The van der Waals surface area contributed by atoms with Gasteiger partial charge in [0.15, 0.2) is 0 Å². The lowest BCUT2D eigenvalue weighted by Gasteiger charge is -1.79. The van der Waals surface area contributed by atoms with E-state index in [1.807, 2.05) is 0 Å². The van der Waals surface area contributed by atoms with Crippen molar-refractivity contribution < 1.29 is 19.0 Å². The summed E-state index contributed by atoms with van der Waals surface area (Å²) in [6, 6.07) is 0. The summed E-state index contributed by atoms with van der Waals surface area (Å²) in [7, 11) is -2.36. The summed E-state index contributed by atoms with van der Waals surface area (Å²) in [6.45, 7) is 0.375. The molecule has 0 amide bonds. The highest BCUT2D eigenvalue weighted by molar-refractivity contribution is 7.33. The van der Waals surface area contributed by atoms with Crippen LogP contribution >= 0.6 is 8.25 Å². The highest BCUT2D eigenvalue weighted by Gasteiger charge is 2.17. The van der Waals surface area contributed by atoms with Gasteiger partial charge >= 0.3 is 8.25 Å². The fourth-order valence-corrected chi connectivity index (χ4v) is 0.452. The number of nitrogens with two attached hydrogens (primary N) is 1. The Morgan fingerprint density at radius 2 is 2.38 bits per heavy atom. The van der Waals surface area contributed by atoms with Crippen LogP contribution in [0.2, 0.25) is 0 Å². The van der Waals surface area contributed by atoms with Gasteiger partial charge in [-0.25, -0.2) is 5.26 Å². The molecule has 6 heteroatoms. The summed E-state index contributed by atoms with van der Waals surface area (Å²) in [6.07, 6.45) is 0. The quantitative estimate of drug-likeness (QED) is 0.329. The lowest BCUT2D eigenvalue weighted by Crippen LogP contribution is -2.04. The maximum absolute atomic E-state index is 9.97. The minimum absolute atomic E-state index is 0.121. The first-order chi connectivity index (χ1) is 3.81. The van der Waals surface area contributed by atoms with Crippen LogP contribution in [0.1, 0.15) is 0 Å². The molecule has 0 aliphatic carbocycles.